The minimum atomic E-state index is -0.0866. The molecule has 2 aromatic carbocycles. The van der Waals surface area contributed by atoms with Crippen LogP contribution in [0.25, 0.3) is 0 Å². The molecule has 0 aromatic heterocycles. The molecule has 0 atom stereocenters. The number of hydrogen-bond donors (Lipinski definition) is 0. The minimum Gasteiger partial charge on any atom is -0.495 e. The highest BCUT2D eigenvalue weighted by molar-refractivity contribution is 6.17. The van der Waals surface area contributed by atoms with Crippen LogP contribution in [0, 0.1) is 6.92 Å². The Morgan fingerprint density at radius 1 is 1.19 bits per heavy atom. The van der Waals surface area contributed by atoms with Crippen LogP contribution in [-0.4, -0.2) is 13.0 Å². The molecular weight excluding hydrogens is 286 g/mol. The number of ether oxygens (including phenoxy) is 1. The first-order valence-corrected chi connectivity index (χ1v) is 7.21. The number of carbonyl (C=O) groups excluding carboxylic acids is 1. The molecule has 0 aliphatic carbocycles. The van der Waals surface area contributed by atoms with Crippen molar-refractivity contribution in [1.82, 2.24) is 0 Å². The fourth-order valence-electron chi connectivity index (χ4n) is 2.29. The average molecular weight is 304 g/mol. The lowest BCUT2D eigenvalue weighted by molar-refractivity contribution is -0.115. The molecule has 0 fully saturated rings. The largest absolute Gasteiger partial charge is 0.495 e. The van der Waals surface area contributed by atoms with Crippen LogP contribution < -0.4 is 9.64 Å². The van der Waals surface area contributed by atoms with E-state index in [0.717, 1.165) is 22.5 Å². The van der Waals surface area contributed by atoms with Crippen LogP contribution in [0.15, 0.2) is 42.5 Å². The number of amides is 1. The van der Waals surface area contributed by atoms with E-state index in [4.69, 9.17) is 16.3 Å². The van der Waals surface area contributed by atoms with Crippen molar-refractivity contribution in [3.05, 3.63) is 53.6 Å². The summed E-state index contributed by atoms with van der Waals surface area (Å²) in [5.74, 6) is 0.908. The van der Waals surface area contributed by atoms with E-state index in [0.29, 0.717) is 11.6 Å². The van der Waals surface area contributed by atoms with Crippen LogP contribution in [0.3, 0.4) is 0 Å². The first-order chi connectivity index (χ1) is 10.1. The summed E-state index contributed by atoms with van der Waals surface area (Å²) in [6.07, 6.45) is 0. The molecule has 2 aromatic rings. The normalized spacial score (nSPS) is 10.3. The second-order valence-electron chi connectivity index (χ2n) is 4.79. The van der Waals surface area contributed by atoms with Gasteiger partial charge in [0.2, 0.25) is 5.91 Å². The van der Waals surface area contributed by atoms with Crippen molar-refractivity contribution in [3.63, 3.8) is 0 Å². The first kappa shape index (κ1) is 15.4. The number of methoxy groups -OCH3 is 1. The highest BCUT2D eigenvalue weighted by Gasteiger charge is 2.20. The predicted octanol–water partition coefficient (Wildman–Crippen LogP) is 4.43. The molecule has 3 nitrogen and oxygen atoms in total. The van der Waals surface area contributed by atoms with Crippen LogP contribution in [0.5, 0.6) is 5.75 Å². The summed E-state index contributed by atoms with van der Waals surface area (Å²) in [5, 5.41) is 0. The molecule has 0 spiro atoms. The topological polar surface area (TPSA) is 29.5 Å². The third kappa shape index (κ3) is 3.19. The number of hydrogen-bond acceptors (Lipinski definition) is 2. The summed E-state index contributed by atoms with van der Waals surface area (Å²) in [7, 11) is 1.60. The van der Waals surface area contributed by atoms with Gasteiger partial charge in [0.15, 0.2) is 0 Å². The Morgan fingerprint density at radius 2 is 1.90 bits per heavy atom. The zero-order chi connectivity index (χ0) is 15.4. The fourth-order valence-corrected chi connectivity index (χ4v) is 2.51. The molecule has 4 heteroatoms. The Balaban J connectivity index is 2.65. The van der Waals surface area contributed by atoms with Crippen molar-refractivity contribution in [2.45, 2.75) is 19.7 Å². The van der Waals surface area contributed by atoms with E-state index in [1.807, 2.05) is 49.4 Å². The molecule has 0 radical (unpaired) electrons. The van der Waals surface area contributed by atoms with E-state index in [-0.39, 0.29) is 5.91 Å². The van der Waals surface area contributed by atoms with E-state index in [1.165, 1.54) is 6.92 Å². The number of aryl methyl sites for hydroxylation is 1. The van der Waals surface area contributed by atoms with E-state index < -0.39 is 0 Å². The molecule has 2 rings (SSSR count). The third-order valence-electron chi connectivity index (χ3n) is 3.27. The molecule has 0 unspecified atom stereocenters. The standard InChI is InChI=1S/C17H18ClNO2/c1-12-8-9-17(21-3)16(10-12)19(13(2)20)15-7-5-4-6-14(15)11-18/h4-10H,11H2,1-3H3. The number of para-hydroxylation sites is 1. The van der Waals surface area contributed by atoms with Gasteiger partial charge in [-0.1, -0.05) is 24.3 Å². The van der Waals surface area contributed by atoms with E-state index in [9.17, 15) is 4.79 Å². The molecule has 0 bridgehead atoms. The molecular formula is C17H18ClNO2. The van der Waals surface area contributed by atoms with Gasteiger partial charge in [0.25, 0.3) is 0 Å². The highest BCUT2D eigenvalue weighted by atomic mass is 35.5. The number of carbonyl (C=O) groups is 1. The maximum Gasteiger partial charge on any atom is 0.228 e. The zero-order valence-electron chi connectivity index (χ0n) is 12.4. The predicted molar refractivity (Wildman–Crippen MR) is 86.6 cm³/mol. The molecule has 1 amide bonds. The Bertz CT molecular complexity index is 655. The monoisotopic (exact) mass is 303 g/mol. The van der Waals surface area contributed by atoms with Gasteiger partial charge < -0.3 is 4.74 Å². The maximum absolute atomic E-state index is 12.2. The molecule has 0 aliphatic rings. The first-order valence-electron chi connectivity index (χ1n) is 6.67. The van der Waals surface area contributed by atoms with Gasteiger partial charge in [-0.3, -0.25) is 9.69 Å². The smallest absolute Gasteiger partial charge is 0.228 e. The molecule has 0 N–H and O–H groups in total. The van der Waals surface area contributed by atoms with Crippen molar-refractivity contribution in [2.75, 3.05) is 12.0 Å². The second-order valence-corrected chi connectivity index (χ2v) is 5.06. The molecule has 21 heavy (non-hydrogen) atoms. The van der Waals surface area contributed by atoms with Gasteiger partial charge in [-0.25, -0.2) is 0 Å². The van der Waals surface area contributed by atoms with E-state index in [2.05, 4.69) is 0 Å². The fraction of sp³-hybridized carbons (Fsp3) is 0.235. The quantitative estimate of drug-likeness (QED) is 0.782. The Kier molecular flexibility index (Phi) is 4.86. The number of benzene rings is 2. The molecule has 0 saturated heterocycles. The zero-order valence-corrected chi connectivity index (χ0v) is 13.1. The van der Waals surface area contributed by atoms with Crippen molar-refractivity contribution in [2.24, 2.45) is 0 Å². The number of alkyl halides is 1. The number of anilines is 2. The Morgan fingerprint density at radius 3 is 2.52 bits per heavy atom. The minimum absolute atomic E-state index is 0.0866. The van der Waals surface area contributed by atoms with Crippen molar-refractivity contribution in [3.8, 4) is 5.75 Å². The summed E-state index contributed by atoms with van der Waals surface area (Å²) in [4.78, 5) is 13.9. The molecule has 0 heterocycles. The lowest BCUT2D eigenvalue weighted by atomic mass is 10.1. The van der Waals surface area contributed by atoms with Gasteiger partial charge >= 0.3 is 0 Å². The SMILES string of the molecule is COc1ccc(C)cc1N(C(C)=O)c1ccccc1CCl. The highest BCUT2D eigenvalue weighted by Crippen LogP contribution is 2.36. The molecule has 0 aliphatic heterocycles. The van der Waals surface area contributed by atoms with Crippen molar-refractivity contribution >= 4 is 28.9 Å². The average Bonchev–Trinajstić information content (AvgIpc) is 2.48. The lowest BCUT2D eigenvalue weighted by Crippen LogP contribution is -2.24. The second kappa shape index (κ2) is 6.64. The van der Waals surface area contributed by atoms with Gasteiger partial charge in [-0.15, -0.1) is 11.6 Å². The van der Waals surface area contributed by atoms with Crippen molar-refractivity contribution in [1.29, 1.82) is 0 Å². The van der Waals surface area contributed by atoms with Gasteiger partial charge in [-0.05, 0) is 36.2 Å². The summed E-state index contributed by atoms with van der Waals surface area (Å²) >= 11 is 6.00. The number of nitrogens with zero attached hydrogens (tertiary/aromatic N) is 1. The van der Waals surface area contributed by atoms with Crippen LogP contribution in [-0.2, 0) is 10.7 Å². The van der Waals surface area contributed by atoms with Crippen LogP contribution in [0.1, 0.15) is 18.1 Å². The van der Waals surface area contributed by atoms with Crippen LogP contribution >= 0.6 is 11.6 Å². The summed E-state index contributed by atoms with van der Waals surface area (Å²) < 4.78 is 5.40. The van der Waals surface area contributed by atoms with Crippen LogP contribution in [0.4, 0.5) is 11.4 Å². The number of rotatable bonds is 4. The van der Waals surface area contributed by atoms with Crippen LogP contribution in [0.2, 0.25) is 0 Å². The van der Waals surface area contributed by atoms with Gasteiger partial charge in [0.1, 0.15) is 5.75 Å². The summed E-state index contributed by atoms with van der Waals surface area (Å²) in [6, 6.07) is 13.4. The van der Waals surface area contributed by atoms with Crippen molar-refractivity contribution < 1.29 is 9.53 Å². The lowest BCUT2D eigenvalue weighted by Gasteiger charge is -2.25. The molecule has 110 valence electrons. The van der Waals surface area contributed by atoms with Gasteiger partial charge in [-0.2, -0.15) is 0 Å². The van der Waals surface area contributed by atoms with E-state index >= 15 is 0 Å². The Labute approximate surface area is 130 Å². The van der Waals surface area contributed by atoms with Gasteiger partial charge in [0.05, 0.1) is 18.5 Å². The molecule has 0 saturated carbocycles. The maximum atomic E-state index is 12.2. The Hall–Kier alpha value is -2.00. The third-order valence-corrected chi connectivity index (χ3v) is 3.55. The number of halogens is 1. The van der Waals surface area contributed by atoms with Gasteiger partial charge in [0, 0.05) is 12.8 Å². The summed E-state index contributed by atoms with van der Waals surface area (Å²) in [5.41, 5.74) is 3.46. The summed E-state index contributed by atoms with van der Waals surface area (Å²) in [6.45, 7) is 3.52. The van der Waals surface area contributed by atoms with E-state index in [1.54, 1.807) is 12.0 Å².